The molecule has 2 saturated carbocycles. The first-order chi connectivity index (χ1) is 10.6. The Kier molecular flexibility index (Phi) is 3.73. The third kappa shape index (κ3) is 1.88. The maximum atomic E-state index is 13.2. The van der Waals surface area contributed by atoms with Crippen LogP contribution in [-0.4, -0.2) is 16.5 Å². The van der Waals surface area contributed by atoms with Gasteiger partial charge in [0.25, 0.3) is 0 Å². The molecule has 2 aliphatic rings. The number of hydrogen-bond donors (Lipinski definition) is 1. The number of halogens is 2. The summed E-state index contributed by atoms with van der Waals surface area (Å²) in [6.45, 7) is 7.97. The van der Waals surface area contributed by atoms with Crippen LogP contribution in [0.15, 0.2) is 18.2 Å². The number of anilines is 1. The lowest BCUT2D eigenvalue weighted by molar-refractivity contribution is -0.130. The summed E-state index contributed by atoms with van der Waals surface area (Å²) in [6.07, 6.45) is 1.46. The Balaban J connectivity index is 2.02. The van der Waals surface area contributed by atoms with Gasteiger partial charge in [-0.3, -0.25) is 9.59 Å². The lowest BCUT2D eigenvalue weighted by Gasteiger charge is -2.39. The number of hydrogen-bond acceptors (Lipinski definition) is 2. The summed E-state index contributed by atoms with van der Waals surface area (Å²) in [5.74, 6) is 0.0519. The van der Waals surface area contributed by atoms with Gasteiger partial charge in [0.1, 0.15) is 0 Å². The molecule has 0 spiro atoms. The lowest BCUT2D eigenvalue weighted by Crippen LogP contribution is -2.48. The minimum absolute atomic E-state index is 0.0932. The molecule has 0 saturated heterocycles. The van der Waals surface area contributed by atoms with E-state index in [1.54, 1.807) is 6.07 Å². The number of nitrogens with one attached hydrogen (secondary N) is 1. The molecule has 0 heterocycles. The molecule has 1 aromatic carbocycles. The number of benzene rings is 1. The number of carbonyl (C=O) groups excluding carboxylic acids is 2. The average Bonchev–Trinajstić information content (AvgIpc) is 2.76. The van der Waals surface area contributed by atoms with Crippen molar-refractivity contribution in [1.29, 1.82) is 0 Å². The number of carbonyl (C=O) groups is 2. The standard InChI is InChI=1S/C18H21BrClNO2/c1-10-11(20)6-5-7-12(10)21-15(23)18-9-8-17(4,16(18,2)3)14(22)13(18)19/h5-7,13H,8-9H2,1-4H3,(H,21,23)/t13-,17+,18-/m0/s1. The Hall–Kier alpha value is -0.870. The molecule has 1 N–H and O–H groups in total. The van der Waals surface area contributed by atoms with Crippen LogP contribution in [0.1, 0.15) is 39.2 Å². The maximum absolute atomic E-state index is 13.2. The molecule has 5 heteroatoms. The predicted molar refractivity (Wildman–Crippen MR) is 96.1 cm³/mol. The molecule has 2 bridgehead atoms. The number of alkyl halides is 1. The van der Waals surface area contributed by atoms with Crippen LogP contribution in [0, 0.1) is 23.2 Å². The SMILES string of the molecule is Cc1c(Cl)cccc1NC(=O)[C@]12CC[C@](C)(C(=O)[C@@H]1Br)C2(C)C. The molecular formula is C18H21BrClNO2. The van der Waals surface area contributed by atoms with Gasteiger partial charge in [-0.25, -0.2) is 0 Å². The summed E-state index contributed by atoms with van der Waals surface area (Å²) >= 11 is 9.69. The van der Waals surface area contributed by atoms with E-state index in [-0.39, 0.29) is 11.7 Å². The van der Waals surface area contributed by atoms with E-state index in [1.165, 1.54) is 0 Å². The highest BCUT2D eigenvalue weighted by Crippen LogP contribution is 2.72. The minimum atomic E-state index is -0.729. The quantitative estimate of drug-likeness (QED) is 0.731. The first-order valence-electron chi connectivity index (χ1n) is 7.84. The van der Waals surface area contributed by atoms with Crippen molar-refractivity contribution in [3.8, 4) is 0 Å². The largest absolute Gasteiger partial charge is 0.325 e. The van der Waals surface area contributed by atoms with Crippen molar-refractivity contribution in [2.24, 2.45) is 16.2 Å². The molecule has 3 nitrogen and oxygen atoms in total. The van der Waals surface area contributed by atoms with Gasteiger partial charge in [-0.15, -0.1) is 0 Å². The van der Waals surface area contributed by atoms with Crippen LogP contribution < -0.4 is 5.32 Å². The van der Waals surface area contributed by atoms with Crippen molar-refractivity contribution in [2.75, 3.05) is 5.32 Å². The highest BCUT2D eigenvalue weighted by atomic mass is 79.9. The number of amides is 1. The molecule has 3 atom stereocenters. The van der Waals surface area contributed by atoms with Crippen LogP contribution in [0.3, 0.4) is 0 Å². The molecule has 1 aromatic rings. The van der Waals surface area contributed by atoms with Crippen molar-refractivity contribution in [3.63, 3.8) is 0 Å². The van der Waals surface area contributed by atoms with E-state index in [0.29, 0.717) is 17.1 Å². The Morgan fingerprint density at radius 3 is 2.52 bits per heavy atom. The predicted octanol–water partition coefficient (Wildman–Crippen LogP) is 4.75. The van der Waals surface area contributed by atoms with Crippen LogP contribution in [0.5, 0.6) is 0 Å². The highest BCUT2D eigenvalue weighted by Gasteiger charge is 2.76. The molecule has 0 aliphatic heterocycles. The first-order valence-corrected chi connectivity index (χ1v) is 9.14. The van der Waals surface area contributed by atoms with Crippen molar-refractivity contribution in [3.05, 3.63) is 28.8 Å². The summed E-state index contributed by atoms with van der Waals surface area (Å²) < 4.78 is 0. The fourth-order valence-electron chi connectivity index (χ4n) is 4.43. The minimum Gasteiger partial charge on any atom is -0.325 e. The third-order valence-corrected chi connectivity index (χ3v) is 8.25. The smallest absolute Gasteiger partial charge is 0.232 e. The Bertz CT molecular complexity index is 717. The summed E-state index contributed by atoms with van der Waals surface area (Å²) in [4.78, 5) is 25.5. The van der Waals surface area contributed by atoms with E-state index in [2.05, 4.69) is 21.2 Å². The van der Waals surface area contributed by atoms with Crippen LogP contribution in [0.2, 0.25) is 5.02 Å². The molecule has 124 valence electrons. The fraction of sp³-hybridized carbons (Fsp3) is 0.556. The van der Waals surface area contributed by atoms with Gasteiger partial charge < -0.3 is 5.32 Å². The Morgan fingerprint density at radius 2 is 1.96 bits per heavy atom. The maximum Gasteiger partial charge on any atom is 0.232 e. The summed E-state index contributed by atoms with van der Waals surface area (Å²) in [6, 6.07) is 5.46. The summed E-state index contributed by atoms with van der Waals surface area (Å²) in [5.41, 5.74) is -0.0367. The molecule has 23 heavy (non-hydrogen) atoms. The van der Waals surface area contributed by atoms with Crippen molar-refractivity contribution in [2.45, 2.75) is 45.4 Å². The molecule has 0 aromatic heterocycles. The van der Waals surface area contributed by atoms with E-state index >= 15 is 0 Å². The van der Waals surface area contributed by atoms with Crippen molar-refractivity contribution >= 4 is 44.9 Å². The second kappa shape index (κ2) is 5.06. The van der Waals surface area contributed by atoms with Gasteiger partial charge in [0.15, 0.2) is 5.78 Å². The first kappa shape index (κ1) is 17.0. The van der Waals surface area contributed by atoms with Crippen LogP contribution in [-0.2, 0) is 9.59 Å². The topological polar surface area (TPSA) is 46.2 Å². The monoisotopic (exact) mass is 397 g/mol. The van der Waals surface area contributed by atoms with E-state index in [1.807, 2.05) is 39.8 Å². The van der Waals surface area contributed by atoms with E-state index < -0.39 is 21.1 Å². The van der Waals surface area contributed by atoms with Gasteiger partial charge in [0.2, 0.25) is 5.91 Å². The third-order valence-electron chi connectivity index (χ3n) is 6.64. The number of fused-ring (bicyclic) bond motifs is 2. The van der Waals surface area contributed by atoms with E-state index in [0.717, 1.165) is 12.0 Å². The van der Waals surface area contributed by atoms with Crippen LogP contribution in [0.4, 0.5) is 5.69 Å². The molecule has 0 radical (unpaired) electrons. The molecule has 0 unspecified atom stereocenters. The second-order valence-electron chi connectivity index (χ2n) is 7.52. The van der Waals surface area contributed by atoms with Gasteiger partial charge in [0.05, 0.1) is 10.2 Å². The number of ketones is 1. The molecular weight excluding hydrogens is 378 g/mol. The van der Waals surface area contributed by atoms with Crippen LogP contribution >= 0.6 is 27.5 Å². The lowest BCUT2D eigenvalue weighted by atomic mass is 9.64. The molecule has 2 aliphatic carbocycles. The normalized spacial score (nSPS) is 34.7. The fourth-order valence-corrected chi connectivity index (χ4v) is 6.12. The summed E-state index contributed by atoms with van der Waals surface area (Å²) in [7, 11) is 0. The number of Topliss-reactive ketones (excluding diaryl/α,β-unsaturated/α-hetero) is 1. The van der Waals surface area contributed by atoms with Crippen molar-refractivity contribution < 1.29 is 9.59 Å². The van der Waals surface area contributed by atoms with Gasteiger partial charge >= 0.3 is 0 Å². The molecule has 3 rings (SSSR count). The van der Waals surface area contributed by atoms with Gasteiger partial charge in [0, 0.05) is 16.1 Å². The molecule has 1 amide bonds. The molecule has 2 fully saturated rings. The second-order valence-corrected chi connectivity index (χ2v) is 8.84. The average molecular weight is 399 g/mol. The Morgan fingerprint density at radius 1 is 1.30 bits per heavy atom. The zero-order valence-corrected chi connectivity index (χ0v) is 16.1. The zero-order chi connectivity index (χ0) is 17.2. The van der Waals surface area contributed by atoms with E-state index in [4.69, 9.17) is 11.6 Å². The van der Waals surface area contributed by atoms with E-state index in [9.17, 15) is 9.59 Å². The zero-order valence-electron chi connectivity index (χ0n) is 13.8. The van der Waals surface area contributed by atoms with Gasteiger partial charge in [-0.05, 0) is 42.9 Å². The summed E-state index contributed by atoms with van der Waals surface area (Å²) in [5, 5.41) is 3.65. The Labute approximate surface area is 150 Å². The van der Waals surface area contributed by atoms with Gasteiger partial charge in [-0.2, -0.15) is 0 Å². The van der Waals surface area contributed by atoms with Gasteiger partial charge in [-0.1, -0.05) is 54.4 Å². The van der Waals surface area contributed by atoms with Crippen molar-refractivity contribution in [1.82, 2.24) is 0 Å². The number of rotatable bonds is 2. The highest BCUT2D eigenvalue weighted by molar-refractivity contribution is 9.10. The van der Waals surface area contributed by atoms with Crippen LogP contribution in [0.25, 0.3) is 0 Å².